The first kappa shape index (κ1) is 21.2. The molecule has 9 nitrogen and oxygen atoms in total. The van der Waals surface area contributed by atoms with Gasteiger partial charge in [-0.05, 0) is 39.0 Å². The third-order valence-electron chi connectivity index (χ3n) is 5.82. The van der Waals surface area contributed by atoms with E-state index in [9.17, 15) is 13.2 Å². The van der Waals surface area contributed by atoms with Crippen LogP contribution in [0, 0.1) is 6.92 Å². The highest BCUT2D eigenvalue weighted by atomic mass is 32.2. The van der Waals surface area contributed by atoms with Crippen LogP contribution in [0.2, 0.25) is 0 Å². The summed E-state index contributed by atoms with van der Waals surface area (Å²) < 4.78 is 44.7. The summed E-state index contributed by atoms with van der Waals surface area (Å²) in [6.07, 6.45) is 1.34. The summed E-state index contributed by atoms with van der Waals surface area (Å²) in [7, 11) is -3.61. The Balaban J connectivity index is 1.58. The van der Waals surface area contributed by atoms with Crippen molar-refractivity contribution in [2.75, 3.05) is 6.26 Å². The van der Waals surface area contributed by atoms with E-state index in [-0.39, 0.29) is 10.5 Å². The Morgan fingerprint density at radius 2 is 1.81 bits per heavy atom. The lowest BCUT2D eigenvalue weighted by molar-refractivity contribution is -0.190. The monoisotopic (exact) mass is 457 g/mol. The van der Waals surface area contributed by atoms with E-state index in [2.05, 4.69) is 9.97 Å². The number of rotatable bonds is 4. The Hall–Kier alpha value is -2.66. The molecule has 0 spiro atoms. The molecule has 4 atom stereocenters. The van der Waals surface area contributed by atoms with Crippen LogP contribution < -0.4 is 0 Å². The summed E-state index contributed by atoms with van der Waals surface area (Å²) in [5, 5.41) is 0.864. The Morgan fingerprint density at radius 3 is 2.56 bits per heavy atom. The molecule has 0 unspecified atom stereocenters. The molecule has 0 bridgehead atoms. The minimum atomic E-state index is -3.61. The lowest BCUT2D eigenvalue weighted by Gasteiger charge is -2.25. The van der Waals surface area contributed by atoms with Gasteiger partial charge in [0.15, 0.2) is 33.7 Å². The number of carbonyl (C=O) groups is 1. The Morgan fingerprint density at radius 1 is 1.09 bits per heavy atom. The Bertz CT molecular complexity index is 1330. The topological polar surface area (TPSA) is 110 Å². The van der Waals surface area contributed by atoms with E-state index in [0.29, 0.717) is 5.65 Å². The molecule has 2 aliphatic rings. The van der Waals surface area contributed by atoms with Crippen molar-refractivity contribution in [1.29, 1.82) is 0 Å². The molecule has 0 N–H and O–H groups in total. The number of hydrogen-bond acceptors (Lipinski definition) is 8. The molecule has 2 saturated heterocycles. The summed E-state index contributed by atoms with van der Waals surface area (Å²) >= 11 is 0. The van der Waals surface area contributed by atoms with Gasteiger partial charge in [-0.2, -0.15) is 0 Å². The van der Waals surface area contributed by atoms with E-state index in [4.69, 9.17) is 14.2 Å². The average molecular weight is 458 g/mol. The standard InChI is InChI=1S/C22H23N3O6S/c1-12-13-9-10-25(20(13)24-11-23-12)21-19-18(30-22(2,3)31-19)17(29-21)16(26)14-7-5-6-8-15(14)32(4,27)28/h5-11,17-19,21H,1-4H3/t17-,18-,19-,21-/m1/s1. The zero-order chi connectivity index (χ0) is 22.8. The quantitative estimate of drug-likeness (QED) is 0.550. The summed E-state index contributed by atoms with van der Waals surface area (Å²) in [5.74, 6) is -1.40. The number of nitrogens with zero attached hydrogens (tertiary/aromatic N) is 3. The van der Waals surface area contributed by atoms with Crippen molar-refractivity contribution in [1.82, 2.24) is 14.5 Å². The fourth-order valence-corrected chi connectivity index (χ4v) is 5.36. The zero-order valence-electron chi connectivity index (χ0n) is 18.1. The van der Waals surface area contributed by atoms with Crippen LogP contribution in [0.1, 0.15) is 36.1 Å². The highest BCUT2D eigenvalue weighted by molar-refractivity contribution is 7.90. The van der Waals surface area contributed by atoms with E-state index < -0.39 is 45.9 Å². The van der Waals surface area contributed by atoms with Gasteiger partial charge in [-0.3, -0.25) is 4.79 Å². The van der Waals surface area contributed by atoms with Crippen molar-refractivity contribution in [3.63, 3.8) is 0 Å². The highest BCUT2D eigenvalue weighted by Crippen LogP contribution is 2.45. The summed E-state index contributed by atoms with van der Waals surface area (Å²) in [4.78, 5) is 22.1. The Kier molecular flexibility index (Phi) is 4.75. The summed E-state index contributed by atoms with van der Waals surface area (Å²) in [5.41, 5.74) is 1.55. The molecule has 5 rings (SSSR count). The molecular weight excluding hydrogens is 434 g/mol. The fraction of sp³-hybridized carbons (Fsp3) is 0.409. The molecule has 0 radical (unpaired) electrons. The number of ketones is 1. The first-order valence-corrected chi connectivity index (χ1v) is 12.1. The minimum Gasteiger partial charge on any atom is -0.341 e. The molecule has 32 heavy (non-hydrogen) atoms. The Labute approximate surface area is 185 Å². The maximum absolute atomic E-state index is 13.5. The van der Waals surface area contributed by atoms with Crippen molar-refractivity contribution in [2.45, 2.75) is 56.0 Å². The number of sulfone groups is 1. The molecule has 2 fully saturated rings. The third-order valence-corrected chi connectivity index (χ3v) is 6.98. The number of carbonyl (C=O) groups excluding carboxylic acids is 1. The average Bonchev–Trinajstić information content (AvgIpc) is 3.38. The van der Waals surface area contributed by atoms with E-state index in [1.807, 2.05) is 23.8 Å². The van der Waals surface area contributed by atoms with Gasteiger partial charge in [0, 0.05) is 23.4 Å². The zero-order valence-corrected chi connectivity index (χ0v) is 18.9. The van der Waals surface area contributed by atoms with Crippen molar-refractivity contribution in [2.24, 2.45) is 0 Å². The van der Waals surface area contributed by atoms with Gasteiger partial charge in [0.2, 0.25) is 0 Å². The van der Waals surface area contributed by atoms with Gasteiger partial charge in [0.25, 0.3) is 0 Å². The summed E-state index contributed by atoms with van der Waals surface area (Å²) in [6, 6.07) is 8.01. The van der Waals surface area contributed by atoms with Gasteiger partial charge in [-0.15, -0.1) is 0 Å². The van der Waals surface area contributed by atoms with E-state index in [1.165, 1.54) is 18.5 Å². The molecule has 4 heterocycles. The molecule has 168 valence electrons. The summed E-state index contributed by atoms with van der Waals surface area (Å²) in [6.45, 7) is 5.43. The SMILES string of the molecule is Cc1ncnc2c1ccn2[C@@H]1O[C@H](C(=O)c2ccccc2S(C)(=O)=O)[C@H]2OC(C)(C)O[C@H]21. The van der Waals surface area contributed by atoms with Crippen molar-refractivity contribution < 1.29 is 27.4 Å². The maximum Gasteiger partial charge on any atom is 0.195 e. The molecule has 0 aliphatic carbocycles. The highest BCUT2D eigenvalue weighted by Gasteiger charge is 2.58. The molecule has 0 amide bonds. The molecular formula is C22H23N3O6S. The number of aromatic nitrogens is 3. The fourth-order valence-electron chi connectivity index (χ4n) is 4.46. The van der Waals surface area contributed by atoms with Crippen molar-refractivity contribution in [3.05, 3.63) is 54.1 Å². The van der Waals surface area contributed by atoms with E-state index in [0.717, 1.165) is 17.3 Å². The maximum atomic E-state index is 13.5. The predicted octanol–water partition coefficient (Wildman–Crippen LogP) is 2.44. The normalized spacial score (nSPS) is 27.0. The lowest BCUT2D eigenvalue weighted by atomic mass is 10.0. The molecule has 0 saturated carbocycles. The van der Waals surface area contributed by atoms with Gasteiger partial charge < -0.3 is 18.8 Å². The first-order chi connectivity index (χ1) is 15.1. The van der Waals surface area contributed by atoms with Gasteiger partial charge in [-0.25, -0.2) is 18.4 Å². The molecule has 3 aromatic rings. The van der Waals surface area contributed by atoms with Crippen LogP contribution in [0.15, 0.2) is 47.8 Å². The molecule has 2 aromatic heterocycles. The van der Waals surface area contributed by atoms with Crippen LogP contribution in [0.25, 0.3) is 11.0 Å². The van der Waals surface area contributed by atoms with Crippen LogP contribution in [-0.4, -0.2) is 59.1 Å². The molecule has 2 aliphatic heterocycles. The van der Waals surface area contributed by atoms with Crippen LogP contribution >= 0.6 is 0 Å². The van der Waals surface area contributed by atoms with Gasteiger partial charge in [0.05, 0.1) is 10.6 Å². The van der Waals surface area contributed by atoms with Gasteiger partial charge in [-0.1, -0.05) is 12.1 Å². The van der Waals surface area contributed by atoms with E-state index in [1.54, 1.807) is 26.0 Å². The number of hydrogen-bond donors (Lipinski definition) is 0. The van der Waals surface area contributed by atoms with Gasteiger partial charge >= 0.3 is 0 Å². The molecule has 10 heteroatoms. The van der Waals surface area contributed by atoms with Crippen LogP contribution in [0.3, 0.4) is 0 Å². The smallest absolute Gasteiger partial charge is 0.195 e. The molecule has 1 aromatic carbocycles. The first-order valence-electron chi connectivity index (χ1n) is 10.2. The van der Waals surface area contributed by atoms with E-state index >= 15 is 0 Å². The third kappa shape index (κ3) is 3.34. The number of benzene rings is 1. The van der Waals surface area contributed by atoms with Crippen LogP contribution in [-0.2, 0) is 24.0 Å². The number of Topliss-reactive ketones (excluding diaryl/α,β-unsaturated/α-hetero) is 1. The number of fused-ring (bicyclic) bond motifs is 2. The van der Waals surface area contributed by atoms with Crippen LogP contribution in [0.5, 0.6) is 0 Å². The lowest BCUT2D eigenvalue weighted by Crippen LogP contribution is -2.36. The van der Waals surface area contributed by atoms with Crippen molar-refractivity contribution >= 4 is 26.7 Å². The van der Waals surface area contributed by atoms with Crippen LogP contribution in [0.4, 0.5) is 0 Å². The second-order valence-electron chi connectivity index (χ2n) is 8.56. The second-order valence-corrected chi connectivity index (χ2v) is 10.5. The number of aryl methyl sites for hydroxylation is 1. The minimum absolute atomic E-state index is 0.0402. The number of ether oxygens (including phenoxy) is 3. The predicted molar refractivity (Wildman–Crippen MR) is 114 cm³/mol. The second kappa shape index (κ2) is 7.17. The van der Waals surface area contributed by atoms with Gasteiger partial charge in [0.1, 0.15) is 24.2 Å². The van der Waals surface area contributed by atoms with Crippen molar-refractivity contribution in [3.8, 4) is 0 Å². The largest absolute Gasteiger partial charge is 0.341 e.